The molecule has 0 saturated carbocycles. The maximum atomic E-state index is 13.2. The number of amides is 2. The van der Waals surface area contributed by atoms with Crippen molar-refractivity contribution in [2.75, 3.05) is 26.1 Å². The lowest BCUT2D eigenvalue weighted by Crippen LogP contribution is -2.35. The van der Waals surface area contributed by atoms with Crippen LogP contribution < -0.4 is 14.8 Å². The number of hydrogen-bond acceptors (Lipinski definition) is 5. The zero-order valence-electron chi connectivity index (χ0n) is 20.4. The molecule has 0 aliphatic carbocycles. The van der Waals surface area contributed by atoms with E-state index in [0.717, 1.165) is 23.1 Å². The monoisotopic (exact) mass is 516 g/mol. The van der Waals surface area contributed by atoms with E-state index in [9.17, 15) is 9.59 Å². The highest BCUT2D eigenvalue weighted by Crippen LogP contribution is 2.34. The fourth-order valence-corrected chi connectivity index (χ4v) is 4.60. The molecule has 0 bridgehead atoms. The third-order valence-corrected chi connectivity index (χ3v) is 6.70. The average molecular weight is 517 g/mol. The Morgan fingerprint density at radius 3 is 2.32 bits per heavy atom. The fourth-order valence-electron chi connectivity index (χ4n) is 4.38. The van der Waals surface area contributed by atoms with E-state index < -0.39 is 0 Å². The number of hydrogen-bond donors (Lipinski definition) is 1. The summed E-state index contributed by atoms with van der Waals surface area (Å²) in [6.07, 6.45) is 0.719. The van der Waals surface area contributed by atoms with Crippen molar-refractivity contribution in [3.63, 3.8) is 0 Å². The predicted molar refractivity (Wildman–Crippen MR) is 142 cm³/mol. The number of carbonyl (C=O) groups is 2. The topological polar surface area (TPSA) is 81.0 Å². The largest absolute Gasteiger partial charge is 0.493 e. The van der Waals surface area contributed by atoms with Crippen molar-refractivity contribution >= 4 is 29.1 Å². The maximum absolute atomic E-state index is 13.2. The third-order valence-electron chi connectivity index (χ3n) is 6.37. The Bertz CT molecular complexity index is 1460. The van der Waals surface area contributed by atoms with Crippen LogP contribution in [0.2, 0.25) is 5.02 Å². The van der Waals surface area contributed by atoms with Crippen molar-refractivity contribution in [2.45, 2.75) is 13.0 Å². The molecule has 2 heterocycles. The van der Waals surface area contributed by atoms with Crippen LogP contribution in [0, 0.1) is 0 Å². The van der Waals surface area contributed by atoms with Crippen LogP contribution in [0.15, 0.2) is 77.2 Å². The highest BCUT2D eigenvalue weighted by atomic mass is 35.5. The van der Waals surface area contributed by atoms with Crippen LogP contribution in [0.25, 0.3) is 11.3 Å². The van der Waals surface area contributed by atoms with Gasteiger partial charge in [-0.05, 0) is 78.2 Å². The molecule has 0 spiro atoms. The minimum Gasteiger partial charge on any atom is -0.493 e. The standard InChI is InChI=1S/C29H25ClN2O5/c1-35-26-15-19-13-14-32(17-20(19)16-27(26)36-2)29(34)25-12-11-24(37-25)18-7-9-21(10-8-18)31-28(33)22-5-3-4-6-23(22)30/h3-12,15-16H,13-14,17H2,1-2H3,(H,31,33). The second-order valence-electron chi connectivity index (χ2n) is 8.63. The van der Waals surface area contributed by atoms with Gasteiger partial charge in [0.1, 0.15) is 5.76 Å². The first-order valence-electron chi connectivity index (χ1n) is 11.8. The molecule has 1 aliphatic rings. The second kappa shape index (κ2) is 10.4. The minimum absolute atomic E-state index is 0.171. The molecule has 0 radical (unpaired) electrons. The van der Waals surface area contributed by atoms with Gasteiger partial charge in [0.15, 0.2) is 17.3 Å². The number of methoxy groups -OCH3 is 2. The van der Waals surface area contributed by atoms with Crippen LogP contribution in [-0.2, 0) is 13.0 Å². The zero-order chi connectivity index (χ0) is 25.9. The first-order chi connectivity index (χ1) is 18.0. The molecule has 1 aliphatic heterocycles. The number of nitrogens with zero attached hydrogens (tertiary/aromatic N) is 1. The zero-order valence-corrected chi connectivity index (χ0v) is 21.2. The fraction of sp³-hybridized carbons (Fsp3) is 0.172. The summed E-state index contributed by atoms with van der Waals surface area (Å²) in [6, 6.07) is 21.4. The molecule has 3 aromatic carbocycles. The van der Waals surface area contributed by atoms with Crippen LogP contribution in [0.1, 0.15) is 32.0 Å². The summed E-state index contributed by atoms with van der Waals surface area (Å²) < 4.78 is 16.7. The summed E-state index contributed by atoms with van der Waals surface area (Å²) in [5, 5.41) is 3.23. The van der Waals surface area contributed by atoms with Gasteiger partial charge in [0.25, 0.3) is 11.8 Å². The van der Waals surface area contributed by atoms with Gasteiger partial charge in [-0.1, -0.05) is 23.7 Å². The molecule has 0 fully saturated rings. The lowest BCUT2D eigenvalue weighted by molar-refractivity contribution is 0.0703. The Morgan fingerprint density at radius 2 is 1.62 bits per heavy atom. The number of rotatable bonds is 6. The average Bonchev–Trinajstić information content (AvgIpc) is 3.42. The molecular formula is C29H25ClN2O5. The van der Waals surface area contributed by atoms with E-state index in [4.69, 9.17) is 25.5 Å². The van der Waals surface area contributed by atoms with E-state index >= 15 is 0 Å². The first-order valence-corrected chi connectivity index (χ1v) is 12.1. The number of fused-ring (bicyclic) bond motifs is 1. The molecule has 1 N–H and O–H groups in total. The van der Waals surface area contributed by atoms with Crippen molar-refractivity contribution in [3.05, 3.63) is 100 Å². The Balaban J connectivity index is 1.27. The number of anilines is 1. The number of carbonyl (C=O) groups excluding carboxylic acids is 2. The van der Waals surface area contributed by atoms with E-state index in [1.54, 1.807) is 67.7 Å². The van der Waals surface area contributed by atoms with Crippen molar-refractivity contribution in [2.24, 2.45) is 0 Å². The van der Waals surface area contributed by atoms with Crippen LogP contribution in [0.5, 0.6) is 11.5 Å². The molecule has 188 valence electrons. The Hall–Kier alpha value is -4.23. The molecule has 2 amide bonds. The summed E-state index contributed by atoms with van der Waals surface area (Å²) in [5.74, 6) is 1.71. The summed E-state index contributed by atoms with van der Waals surface area (Å²) in [6.45, 7) is 1.04. The Morgan fingerprint density at radius 1 is 0.919 bits per heavy atom. The predicted octanol–water partition coefficient (Wildman–Crippen LogP) is 6.07. The van der Waals surface area contributed by atoms with E-state index in [1.165, 1.54) is 0 Å². The summed E-state index contributed by atoms with van der Waals surface area (Å²) in [7, 11) is 3.21. The molecule has 4 aromatic rings. The molecule has 0 saturated heterocycles. The van der Waals surface area contributed by atoms with Crippen LogP contribution in [-0.4, -0.2) is 37.5 Å². The summed E-state index contributed by atoms with van der Waals surface area (Å²) in [4.78, 5) is 27.4. The SMILES string of the molecule is COc1cc2c(cc1OC)CN(C(=O)c1ccc(-c3ccc(NC(=O)c4ccccc4Cl)cc3)o1)CC2. The minimum atomic E-state index is -0.289. The van der Waals surface area contributed by atoms with Gasteiger partial charge in [-0.3, -0.25) is 9.59 Å². The maximum Gasteiger partial charge on any atom is 0.289 e. The molecule has 0 unspecified atom stereocenters. The normalized spacial score (nSPS) is 12.6. The van der Waals surface area contributed by atoms with Crippen molar-refractivity contribution < 1.29 is 23.5 Å². The number of halogens is 1. The van der Waals surface area contributed by atoms with E-state index in [1.807, 2.05) is 24.3 Å². The molecular weight excluding hydrogens is 492 g/mol. The second-order valence-corrected chi connectivity index (χ2v) is 9.04. The van der Waals surface area contributed by atoms with Gasteiger partial charge in [-0.2, -0.15) is 0 Å². The van der Waals surface area contributed by atoms with Gasteiger partial charge >= 0.3 is 0 Å². The number of ether oxygens (including phenoxy) is 2. The Labute approximate surface area is 219 Å². The molecule has 7 nitrogen and oxygen atoms in total. The van der Waals surface area contributed by atoms with Gasteiger partial charge in [-0.25, -0.2) is 0 Å². The van der Waals surface area contributed by atoms with Gasteiger partial charge in [0, 0.05) is 24.3 Å². The molecule has 5 rings (SSSR count). The molecule has 0 atom stereocenters. The third kappa shape index (κ3) is 5.04. The number of benzene rings is 3. The van der Waals surface area contributed by atoms with Gasteiger partial charge < -0.3 is 24.1 Å². The van der Waals surface area contributed by atoms with Gasteiger partial charge in [0.05, 0.1) is 24.8 Å². The summed E-state index contributed by atoms with van der Waals surface area (Å²) in [5.41, 5.74) is 3.98. The van der Waals surface area contributed by atoms with E-state index in [2.05, 4.69) is 5.32 Å². The molecule has 8 heteroatoms. The Kier molecular flexibility index (Phi) is 6.88. The first kappa shape index (κ1) is 24.5. The highest BCUT2D eigenvalue weighted by molar-refractivity contribution is 6.34. The van der Waals surface area contributed by atoms with E-state index in [-0.39, 0.29) is 17.6 Å². The summed E-state index contributed by atoms with van der Waals surface area (Å²) >= 11 is 6.11. The lowest BCUT2D eigenvalue weighted by Gasteiger charge is -2.29. The van der Waals surface area contributed by atoms with E-state index in [0.29, 0.717) is 46.6 Å². The van der Waals surface area contributed by atoms with Crippen LogP contribution >= 0.6 is 11.6 Å². The number of nitrogens with one attached hydrogen (secondary N) is 1. The lowest BCUT2D eigenvalue weighted by atomic mass is 9.98. The quantitative estimate of drug-likeness (QED) is 0.336. The smallest absolute Gasteiger partial charge is 0.289 e. The van der Waals surface area contributed by atoms with Crippen molar-refractivity contribution in [3.8, 4) is 22.8 Å². The number of furan rings is 1. The van der Waals surface area contributed by atoms with Crippen LogP contribution in [0.4, 0.5) is 5.69 Å². The van der Waals surface area contributed by atoms with Crippen molar-refractivity contribution in [1.29, 1.82) is 0 Å². The molecule has 1 aromatic heterocycles. The van der Waals surface area contributed by atoms with Crippen LogP contribution in [0.3, 0.4) is 0 Å². The molecule has 37 heavy (non-hydrogen) atoms. The van der Waals surface area contributed by atoms with Gasteiger partial charge in [-0.15, -0.1) is 0 Å². The van der Waals surface area contributed by atoms with Gasteiger partial charge in [0.2, 0.25) is 0 Å². The highest BCUT2D eigenvalue weighted by Gasteiger charge is 2.25. The van der Waals surface area contributed by atoms with Crippen molar-refractivity contribution in [1.82, 2.24) is 4.90 Å².